The lowest BCUT2D eigenvalue weighted by atomic mass is 9.82. The topological polar surface area (TPSA) is 142 Å². The van der Waals surface area contributed by atoms with Crippen LogP contribution in [0.15, 0.2) is 16.7 Å². The third-order valence-corrected chi connectivity index (χ3v) is 8.74. The lowest BCUT2D eigenvalue weighted by Crippen LogP contribution is -2.55. The molecule has 5 rings (SSSR count). The highest BCUT2D eigenvalue weighted by Crippen LogP contribution is 2.33. The highest BCUT2D eigenvalue weighted by Gasteiger charge is 2.37. The number of carbonyl (C=O) groups is 3. The first-order chi connectivity index (χ1) is 17.7. The van der Waals surface area contributed by atoms with Crippen LogP contribution in [0.3, 0.4) is 0 Å². The molecule has 2 aliphatic rings. The number of halogens is 2. The van der Waals surface area contributed by atoms with Crippen molar-refractivity contribution < 1.29 is 18.9 Å². The Balaban J connectivity index is 0.00000336. The number of hydrogen-bond donors (Lipinski definition) is 3. The molecule has 3 aromatic rings. The van der Waals surface area contributed by atoms with Crippen molar-refractivity contribution in [1.29, 1.82) is 0 Å². The van der Waals surface area contributed by atoms with Crippen LogP contribution in [0.4, 0.5) is 5.00 Å². The summed E-state index contributed by atoms with van der Waals surface area (Å²) in [5.74, 6) is -0.925. The quantitative estimate of drug-likeness (QED) is 0.380. The molecule has 3 aromatic heterocycles. The van der Waals surface area contributed by atoms with Crippen molar-refractivity contribution in [3.05, 3.63) is 43.8 Å². The fraction of sp³-hybridized carbons (Fsp3) is 0.478. The lowest BCUT2D eigenvalue weighted by molar-refractivity contribution is -0.136. The number of rotatable bonds is 5. The lowest BCUT2D eigenvalue weighted by Gasteiger charge is -2.35. The van der Waals surface area contributed by atoms with E-state index < -0.39 is 23.9 Å². The predicted molar refractivity (Wildman–Crippen MR) is 146 cm³/mol. The Kier molecular flexibility index (Phi) is 9.04. The molecule has 3 amide bonds. The first-order valence-electron chi connectivity index (χ1n) is 11.9. The summed E-state index contributed by atoms with van der Waals surface area (Å²) in [6, 6.07) is 2.34. The summed E-state index contributed by atoms with van der Waals surface area (Å²) >= 11 is 8.46. The molecule has 0 saturated heterocycles. The summed E-state index contributed by atoms with van der Waals surface area (Å²) in [5.41, 5.74) is 0.964. The average Bonchev–Trinajstić information content (AvgIpc) is 3.59. The van der Waals surface area contributed by atoms with Crippen molar-refractivity contribution in [1.82, 2.24) is 30.7 Å². The normalized spacial score (nSPS) is 21.2. The molecule has 0 aromatic carbocycles. The van der Waals surface area contributed by atoms with E-state index in [0.717, 1.165) is 41.4 Å². The number of carbonyl (C=O) groups excluding carboxylic acids is 3. The highest BCUT2D eigenvalue weighted by molar-refractivity contribution is 7.20. The molecular weight excluding hydrogens is 573 g/mol. The largest absolute Gasteiger partial charge is 0.345 e. The highest BCUT2D eigenvalue weighted by atomic mass is 35.5. The van der Waals surface area contributed by atoms with Gasteiger partial charge in [-0.1, -0.05) is 16.8 Å². The number of likely N-dealkylation sites (N-methyl/N-ethyl adjacent to an activating group) is 1. The van der Waals surface area contributed by atoms with E-state index in [2.05, 4.69) is 36.0 Å². The van der Waals surface area contributed by atoms with E-state index >= 15 is 0 Å². The molecule has 3 N–H and O–H groups in total. The van der Waals surface area contributed by atoms with E-state index in [-0.39, 0.29) is 24.2 Å². The summed E-state index contributed by atoms with van der Waals surface area (Å²) in [5, 5.41) is 13.2. The van der Waals surface area contributed by atoms with Crippen LogP contribution in [0.2, 0.25) is 4.34 Å². The van der Waals surface area contributed by atoms with Crippen molar-refractivity contribution in [2.24, 2.45) is 0 Å². The monoisotopic (exact) mass is 599 g/mol. The van der Waals surface area contributed by atoms with E-state index in [4.69, 9.17) is 16.1 Å². The zero-order chi connectivity index (χ0) is 26.1. The smallest absolute Gasteiger partial charge is 0.314 e. The molecule has 11 nitrogen and oxygen atoms in total. The molecule has 1 fully saturated rings. The Labute approximate surface area is 238 Å². The summed E-state index contributed by atoms with van der Waals surface area (Å²) in [7, 11) is 2.04. The maximum Gasteiger partial charge on any atom is 0.314 e. The fourth-order valence-electron chi connectivity index (χ4n) is 4.64. The molecule has 4 heterocycles. The molecule has 0 radical (unpaired) electrons. The third kappa shape index (κ3) is 6.52. The van der Waals surface area contributed by atoms with Crippen LogP contribution in [-0.2, 0) is 22.6 Å². The Hall–Kier alpha value is -2.58. The number of aromatic nitrogens is 3. The second-order valence-corrected chi connectivity index (χ2v) is 12.1. The molecule has 0 bridgehead atoms. The molecule has 3 atom stereocenters. The van der Waals surface area contributed by atoms with E-state index in [1.165, 1.54) is 11.3 Å². The molecule has 38 heavy (non-hydrogen) atoms. The minimum absolute atomic E-state index is 0. The van der Waals surface area contributed by atoms with E-state index in [9.17, 15) is 14.4 Å². The number of nitrogens with one attached hydrogen (secondary N) is 3. The van der Waals surface area contributed by atoms with Gasteiger partial charge in [-0.25, -0.2) is 4.98 Å². The molecule has 1 aliphatic carbocycles. The molecule has 1 aliphatic heterocycles. The minimum atomic E-state index is -0.796. The third-order valence-electron chi connectivity index (χ3n) is 6.51. The Morgan fingerprint density at radius 2 is 1.92 bits per heavy atom. The van der Waals surface area contributed by atoms with Crippen molar-refractivity contribution in [2.75, 3.05) is 18.9 Å². The van der Waals surface area contributed by atoms with Crippen LogP contribution in [0.5, 0.6) is 0 Å². The van der Waals surface area contributed by atoms with Gasteiger partial charge in [0, 0.05) is 36.3 Å². The van der Waals surface area contributed by atoms with Gasteiger partial charge in [0.25, 0.3) is 5.91 Å². The maximum atomic E-state index is 13.2. The maximum absolute atomic E-state index is 13.2. The SMILES string of the molecule is Cc1noc([C@H]2CC[C@H](NC(=O)C(=O)Nc3ccc(Cl)s3)[C@H](NC(=O)c3nc4c(s3)CN(C)CC4)C2)n1.Cl. The second kappa shape index (κ2) is 12.1. The van der Waals surface area contributed by atoms with Crippen LogP contribution in [0.1, 0.15) is 57.3 Å². The molecule has 0 unspecified atom stereocenters. The average molecular weight is 601 g/mol. The number of anilines is 1. The first kappa shape index (κ1) is 28.4. The van der Waals surface area contributed by atoms with Gasteiger partial charge in [-0.05, 0) is 45.4 Å². The van der Waals surface area contributed by atoms with Crippen LogP contribution in [0.25, 0.3) is 0 Å². The number of amides is 3. The van der Waals surface area contributed by atoms with Gasteiger partial charge in [0.1, 0.15) is 0 Å². The summed E-state index contributed by atoms with van der Waals surface area (Å²) < 4.78 is 5.88. The van der Waals surface area contributed by atoms with Gasteiger partial charge in [-0.2, -0.15) is 4.98 Å². The summed E-state index contributed by atoms with van der Waals surface area (Å²) in [6.07, 6.45) is 2.44. The van der Waals surface area contributed by atoms with Crippen molar-refractivity contribution >= 4 is 69.4 Å². The van der Waals surface area contributed by atoms with E-state index in [1.54, 1.807) is 19.1 Å². The zero-order valence-corrected chi connectivity index (χ0v) is 23.9. The molecule has 15 heteroatoms. The van der Waals surface area contributed by atoms with Gasteiger partial charge in [-0.3, -0.25) is 14.4 Å². The minimum Gasteiger partial charge on any atom is -0.345 e. The summed E-state index contributed by atoms with van der Waals surface area (Å²) in [4.78, 5) is 50.7. The molecule has 204 valence electrons. The van der Waals surface area contributed by atoms with Gasteiger partial charge < -0.3 is 25.4 Å². The van der Waals surface area contributed by atoms with Crippen LogP contribution in [0, 0.1) is 6.92 Å². The number of fused-ring (bicyclic) bond motifs is 1. The number of aryl methyl sites for hydroxylation is 1. The van der Waals surface area contributed by atoms with E-state index in [1.807, 2.05) is 7.05 Å². The van der Waals surface area contributed by atoms with E-state index in [0.29, 0.717) is 45.3 Å². The van der Waals surface area contributed by atoms with Gasteiger partial charge in [0.05, 0.1) is 21.1 Å². The Morgan fingerprint density at radius 1 is 1.11 bits per heavy atom. The first-order valence-corrected chi connectivity index (χ1v) is 13.9. The number of thiazole rings is 1. The van der Waals surface area contributed by atoms with Crippen molar-refractivity contribution in [3.8, 4) is 0 Å². The Morgan fingerprint density at radius 3 is 2.63 bits per heavy atom. The van der Waals surface area contributed by atoms with Gasteiger partial charge >= 0.3 is 11.8 Å². The van der Waals surface area contributed by atoms with Gasteiger partial charge in [0.2, 0.25) is 5.89 Å². The Bertz CT molecular complexity index is 1330. The summed E-state index contributed by atoms with van der Waals surface area (Å²) in [6.45, 7) is 3.42. The van der Waals surface area contributed by atoms with Crippen molar-refractivity contribution in [3.63, 3.8) is 0 Å². The van der Waals surface area contributed by atoms with Gasteiger partial charge in [0.15, 0.2) is 10.8 Å². The van der Waals surface area contributed by atoms with Crippen LogP contribution in [-0.4, -0.2) is 63.4 Å². The standard InChI is InChI=1S/C23H26ClN7O4S2.ClH/c1-11-25-22(35-30-11)12-3-4-13(26-19(32)20(33)29-18-6-5-17(24)37-18)15(9-12)27-21(34)23-28-14-7-8-31(2)10-16(14)36-23;/h5-6,12-13,15H,3-4,7-10H2,1-2H3,(H,26,32)(H,27,34)(H,29,33);1H/t12-,13-,15+;/m0./s1. The fourth-order valence-corrected chi connectivity index (χ4v) is 6.67. The second-order valence-electron chi connectivity index (χ2n) is 9.28. The molecular formula is C23H27Cl2N7O4S2. The number of thiophene rings is 1. The molecule has 1 saturated carbocycles. The number of nitrogens with zero attached hydrogens (tertiary/aromatic N) is 4. The van der Waals surface area contributed by atoms with Crippen LogP contribution < -0.4 is 16.0 Å². The van der Waals surface area contributed by atoms with Gasteiger partial charge in [-0.15, -0.1) is 35.1 Å². The predicted octanol–water partition coefficient (Wildman–Crippen LogP) is 3.15. The number of hydrogen-bond acceptors (Lipinski definition) is 10. The molecule has 0 spiro atoms. The zero-order valence-electron chi connectivity index (χ0n) is 20.7. The van der Waals surface area contributed by atoms with Crippen LogP contribution >= 0.6 is 46.7 Å². The van der Waals surface area contributed by atoms with Crippen molar-refractivity contribution in [2.45, 2.75) is 57.2 Å².